The highest BCUT2D eigenvalue weighted by Crippen LogP contribution is 2.47. The van der Waals surface area contributed by atoms with Crippen molar-refractivity contribution >= 4 is 88.2 Å². The van der Waals surface area contributed by atoms with Gasteiger partial charge in [-0.3, -0.25) is 0 Å². The molecular weight excluding hydrogens is 771 g/mol. The Bertz CT molecular complexity index is 3170. The van der Waals surface area contributed by atoms with Crippen LogP contribution in [0.2, 0.25) is 0 Å². The topological polar surface area (TPSA) is 3.24 Å². The molecule has 0 radical (unpaired) electrons. The zero-order valence-corrected chi connectivity index (χ0v) is 35.3. The van der Waals surface area contributed by atoms with Crippen LogP contribution in [-0.2, 0) is 0 Å². The SMILES string of the molecule is c1ccc(-c2cccc3sc4cccc(N(c5ccc(-c6cccc7ccccc67)cc5)c5ccc([Si](c6ccccc6)(c6ccccc6)c6ccccc6)cc5)c4c23)cc1. The molecule has 0 fully saturated rings. The molecule has 0 saturated heterocycles. The second-order valence-electron chi connectivity index (χ2n) is 15.6. The van der Waals surface area contributed by atoms with Crippen LogP contribution in [0, 0.1) is 0 Å². The lowest BCUT2D eigenvalue weighted by Crippen LogP contribution is -2.74. The number of hydrogen-bond donors (Lipinski definition) is 0. The second-order valence-corrected chi connectivity index (χ2v) is 20.5. The number of hydrogen-bond acceptors (Lipinski definition) is 2. The molecule has 0 spiro atoms. The summed E-state index contributed by atoms with van der Waals surface area (Å²) in [4.78, 5) is 2.48. The Labute approximate surface area is 362 Å². The molecule has 0 aliphatic heterocycles. The molecule has 1 heterocycles. The summed E-state index contributed by atoms with van der Waals surface area (Å²) >= 11 is 1.87. The fraction of sp³-hybridized carbons (Fsp3) is 0. The zero-order valence-electron chi connectivity index (χ0n) is 33.5. The van der Waals surface area contributed by atoms with Crippen LogP contribution in [-0.4, -0.2) is 8.07 Å². The first kappa shape index (κ1) is 36.8. The molecule has 3 heteroatoms. The van der Waals surface area contributed by atoms with Crippen molar-refractivity contribution in [3.05, 3.63) is 249 Å². The van der Waals surface area contributed by atoms with Gasteiger partial charge in [-0.1, -0.05) is 206 Å². The van der Waals surface area contributed by atoms with Gasteiger partial charge in [0, 0.05) is 31.5 Å². The first-order valence-corrected chi connectivity index (χ1v) is 23.7. The predicted molar refractivity (Wildman–Crippen MR) is 266 cm³/mol. The highest BCUT2D eigenvalue weighted by molar-refractivity contribution is 7.26. The summed E-state index contributed by atoms with van der Waals surface area (Å²) in [7, 11) is -2.71. The lowest BCUT2D eigenvalue weighted by atomic mass is 9.97. The van der Waals surface area contributed by atoms with Crippen LogP contribution in [0.5, 0.6) is 0 Å². The number of rotatable bonds is 9. The van der Waals surface area contributed by atoms with Crippen molar-refractivity contribution in [2.45, 2.75) is 0 Å². The molecule has 11 rings (SSSR count). The van der Waals surface area contributed by atoms with E-state index in [1.54, 1.807) is 0 Å². The smallest absolute Gasteiger partial charge is 0.179 e. The van der Waals surface area contributed by atoms with E-state index < -0.39 is 8.07 Å². The zero-order chi connectivity index (χ0) is 40.6. The molecule has 0 aliphatic carbocycles. The minimum atomic E-state index is -2.71. The van der Waals surface area contributed by atoms with E-state index in [0.29, 0.717) is 0 Å². The predicted octanol–water partition coefficient (Wildman–Crippen LogP) is 13.4. The van der Waals surface area contributed by atoms with E-state index in [1.807, 2.05) is 11.3 Å². The summed E-state index contributed by atoms with van der Waals surface area (Å²) in [6.45, 7) is 0. The molecule has 288 valence electrons. The van der Waals surface area contributed by atoms with Crippen LogP contribution in [0.15, 0.2) is 249 Å². The van der Waals surface area contributed by atoms with Crippen molar-refractivity contribution in [1.82, 2.24) is 0 Å². The van der Waals surface area contributed by atoms with Gasteiger partial charge in [0.25, 0.3) is 0 Å². The van der Waals surface area contributed by atoms with E-state index in [-0.39, 0.29) is 0 Å². The van der Waals surface area contributed by atoms with E-state index in [9.17, 15) is 0 Å². The minimum absolute atomic E-state index is 1.11. The van der Waals surface area contributed by atoms with E-state index in [4.69, 9.17) is 0 Å². The number of nitrogens with zero attached hydrogens (tertiary/aromatic N) is 1. The molecular formula is C58H41NSSi. The molecule has 0 atom stereocenters. The summed E-state index contributed by atoms with van der Waals surface area (Å²) in [6, 6.07) is 91.9. The Hall–Kier alpha value is -7.30. The van der Waals surface area contributed by atoms with Crippen LogP contribution in [0.3, 0.4) is 0 Å². The maximum atomic E-state index is 2.48. The Morgan fingerprint density at radius 1 is 0.311 bits per heavy atom. The van der Waals surface area contributed by atoms with Crippen LogP contribution in [0.1, 0.15) is 0 Å². The van der Waals surface area contributed by atoms with Crippen molar-refractivity contribution in [2.75, 3.05) is 4.90 Å². The maximum Gasteiger partial charge on any atom is 0.179 e. The molecule has 0 bridgehead atoms. The molecule has 1 aromatic heterocycles. The number of thiophene rings is 1. The largest absolute Gasteiger partial charge is 0.310 e. The highest BCUT2D eigenvalue weighted by atomic mass is 32.1. The van der Waals surface area contributed by atoms with Gasteiger partial charge < -0.3 is 4.90 Å². The monoisotopic (exact) mass is 811 g/mol. The van der Waals surface area contributed by atoms with E-state index in [1.165, 1.54) is 73.9 Å². The minimum Gasteiger partial charge on any atom is -0.310 e. The molecule has 10 aromatic carbocycles. The third-order valence-corrected chi connectivity index (χ3v) is 18.1. The lowest BCUT2D eigenvalue weighted by Gasteiger charge is -2.35. The van der Waals surface area contributed by atoms with Gasteiger partial charge in [-0.15, -0.1) is 11.3 Å². The Kier molecular flexibility index (Phi) is 9.46. The summed E-state index contributed by atoms with van der Waals surface area (Å²) in [5.74, 6) is 0. The van der Waals surface area contributed by atoms with Gasteiger partial charge in [-0.25, -0.2) is 0 Å². The highest BCUT2D eigenvalue weighted by Gasteiger charge is 2.41. The number of anilines is 3. The van der Waals surface area contributed by atoms with E-state index in [0.717, 1.165) is 17.1 Å². The van der Waals surface area contributed by atoms with Crippen LogP contribution in [0.25, 0.3) is 53.2 Å². The van der Waals surface area contributed by atoms with Crippen molar-refractivity contribution in [2.24, 2.45) is 0 Å². The molecule has 0 unspecified atom stereocenters. The number of benzene rings is 10. The Balaban J connectivity index is 1.14. The summed E-state index contributed by atoms with van der Waals surface area (Å²) < 4.78 is 2.56. The fourth-order valence-corrected chi connectivity index (χ4v) is 15.4. The van der Waals surface area contributed by atoms with Gasteiger partial charge in [-0.2, -0.15) is 0 Å². The molecule has 0 amide bonds. The van der Waals surface area contributed by atoms with Crippen molar-refractivity contribution in [3.63, 3.8) is 0 Å². The summed E-state index contributed by atoms with van der Waals surface area (Å²) in [5, 5.41) is 10.5. The second kappa shape index (κ2) is 15.7. The molecule has 0 N–H and O–H groups in total. The van der Waals surface area contributed by atoms with Crippen molar-refractivity contribution in [1.29, 1.82) is 0 Å². The third-order valence-electron chi connectivity index (χ3n) is 12.2. The molecule has 61 heavy (non-hydrogen) atoms. The van der Waals surface area contributed by atoms with Gasteiger partial charge in [0.05, 0.1) is 5.69 Å². The summed E-state index contributed by atoms with van der Waals surface area (Å²) in [6.07, 6.45) is 0. The van der Waals surface area contributed by atoms with Crippen molar-refractivity contribution in [3.8, 4) is 22.3 Å². The first-order chi connectivity index (χ1) is 30.3. The Morgan fingerprint density at radius 3 is 1.38 bits per heavy atom. The summed E-state index contributed by atoms with van der Waals surface area (Å²) in [5.41, 5.74) is 8.30. The average molecular weight is 812 g/mol. The number of fused-ring (bicyclic) bond motifs is 4. The van der Waals surface area contributed by atoms with Gasteiger partial charge in [-0.05, 0) is 96.2 Å². The normalized spacial score (nSPS) is 11.6. The maximum absolute atomic E-state index is 2.71. The quantitative estimate of drug-likeness (QED) is 0.104. The third kappa shape index (κ3) is 6.38. The Morgan fingerprint density at radius 2 is 0.754 bits per heavy atom. The van der Waals surface area contributed by atoms with Gasteiger partial charge in [0.1, 0.15) is 0 Å². The van der Waals surface area contributed by atoms with Gasteiger partial charge in [0.2, 0.25) is 0 Å². The van der Waals surface area contributed by atoms with E-state index in [2.05, 4.69) is 254 Å². The average Bonchev–Trinajstić information content (AvgIpc) is 3.74. The van der Waals surface area contributed by atoms with Gasteiger partial charge >= 0.3 is 0 Å². The molecule has 11 aromatic rings. The lowest BCUT2D eigenvalue weighted by molar-refractivity contribution is 1.30. The standard InChI is InChI=1S/C58H41NSSi/c1-5-18-43(19-6-1)53-30-16-32-55-57(53)58-54(31-17-33-56(58)60-55)59(45-36-34-44(35-37-45)52-29-15-21-42-20-13-14-28-51(42)52)46-38-40-50(41-39-46)61(47-22-7-2-8-23-47,48-24-9-3-10-25-48)49-26-11-4-12-27-49/h1-41H. The van der Waals surface area contributed by atoms with Crippen LogP contribution < -0.4 is 25.6 Å². The molecule has 0 aliphatic rings. The van der Waals surface area contributed by atoms with E-state index >= 15 is 0 Å². The fourth-order valence-electron chi connectivity index (χ4n) is 9.51. The molecule has 0 saturated carbocycles. The van der Waals surface area contributed by atoms with Crippen molar-refractivity contribution < 1.29 is 0 Å². The van der Waals surface area contributed by atoms with Crippen LogP contribution >= 0.6 is 11.3 Å². The van der Waals surface area contributed by atoms with Gasteiger partial charge in [0.15, 0.2) is 8.07 Å². The molecule has 1 nitrogen and oxygen atoms in total. The first-order valence-electron chi connectivity index (χ1n) is 20.9. The van der Waals surface area contributed by atoms with Crippen LogP contribution in [0.4, 0.5) is 17.1 Å².